The van der Waals surface area contributed by atoms with Crippen LogP contribution in [-0.4, -0.2) is 23.2 Å². The molecule has 0 spiro atoms. The third-order valence-electron chi connectivity index (χ3n) is 2.76. The number of benzene rings is 1. The highest BCUT2D eigenvalue weighted by atomic mass is 28.4. The van der Waals surface area contributed by atoms with Gasteiger partial charge in [-0.25, -0.2) is 0 Å². The van der Waals surface area contributed by atoms with Crippen LogP contribution in [0.5, 0.6) is 0 Å². The molecule has 1 rings (SSSR count). The maximum Gasteiger partial charge on any atom is 0.268 e. The van der Waals surface area contributed by atoms with Crippen LogP contribution >= 0.6 is 0 Å². The predicted octanol–water partition coefficient (Wildman–Crippen LogP) is 5.69. The maximum atomic E-state index is 6.23. The predicted molar refractivity (Wildman–Crippen MR) is 107 cm³/mol. The molecule has 3 nitrogen and oxygen atoms in total. The molecule has 0 radical (unpaired) electrons. The Balaban J connectivity index is 3.03. The zero-order valence-corrected chi connectivity index (χ0v) is 18.2. The average molecular weight is 365 g/mol. The molecule has 0 N–H and O–H groups in total. The summed E-state index contributed by atoms with van der Waals surface area (Å²) in [7, 11) is -3.45. The van der Waals surface area contributed by atoms with E-state index in [4.69, 9.17) is 13.6 Å². The fourth-order valence-electron chi connectivity index (χ4n) is 1.98. The number of hydrogen-bond donors (Lipinski definition) is 0. The van der Waals surface area contributed by atoms with Gasteiger partial charge in [0.05, 0.1) is 12.7 Å². The number of allylic oxidation sites excluding steroid dienone is 2. The Kier molecular flexibility index (Phi) is 7.83. The van der Waals surface area contributed by atoms with Crippen LogP contribution < -0.4 is 0 Å². The van der Waals surface area contributed by atoms with Gasteiger partial charge in [-0.05, 0) is 64.3 Å². The molecule has 0 unspecified atom stereocenters. The summed E-state index contributed by atoms with van der Waals surface area (Å²) in [6, 6.07) is 10.4. The number of ether oxygens (including phenoxy) is 1. The Morgan fingerprint density at radius 1 is 0.917 bits per heavy atom. The molecule has 0 amide bonds. The van der Waals surface area contributed by atoms with Gasteiger partial charge in [0.25, 0.3) is 5.95 Å². The van der Waals surface area contributed by atoms with Gasteiger partial charge >= 0.3 is 0 Å². The molecule has 1 aromatic rings. The van der Waals surface area contributed by atoms with Crippen LogP contribution in [0.4, 0.5) is 0 Å². The normalized spacial score (nSPS) is 13.6. The summed E-state index contributed by atoms with van der Waals surface area (Å²) in [4.78, 5) is 0. The van der Waals surface area contributed by atoms with Crippen LogP contribution in [0.15, 0.2) is 54.2 Å². The van der Waals surface area contributed by atoms with Gasteiger partial charge in [-0.15, -0.1) is 0 Å². The molecule has 0 aliphatic rings. The minimum Gasteiger partial charge on any atom is -0.544 e. The molecular weight excluding hydrogens is 332 g/mol. The van der Waals surface area contributed by atoms with Crippen LogP contribution in [0.2, 0.25) is 39.3 Å². The van der Waals surface area contributed by atoms with E-state index < -0.39 is 16.6 Å². The molecule has 0 fully saturated rings. The lowest BCUT2D eigenvalue weighted by molar-refractivity contribution is 0.111. The first-order chi connectivity index (χ1) is 11.1. The van der Waals surface area contributed by atoms with Gasteiger partial charge in [-0.1, -0.05) is 30.3 Å². The highest BCUT2D eigenvalue weighted by molar-refractivity contribution is 6.70. The van der Waals surface area contributed by atoms with E-state index in [1.165, 1.54) is 5.56 Å². The van der Waals surface area contributed by atoms with E-state index in [1.807, 2.05) is 19.1 Å². The summed E-state index contributed by atoms with van der Waals surface area (Å²) >= 11 is 0. The second-order valence-electron chi connectivity index (χ2n) is 7.62. The minimum atomic E-state index is -1.73. The van der Waals surface area contributed by atoms with Crippen molar-refractivity contribution in [2.45, 2.75) is 52.6 Å². The molecule has 0 saturated carbocycles. The molecule has 0 atom stereocenters. The van der Waals surface area contributed by atoms with E-state index in [0.717, 1.165) is 12.2 Å². The van der Waals surface area contributed by atoms with Crippen molar-refractivity contribution >= 4 is 16.6 Å². The van der Waals surface area contributed by atoms with E-state index in [1.54, 1.807) is 0 Å². The molecule has 0 heterocycles. The first-order valence-electron chi connectivity index (χ1n) is 8.55. The summed E-state index contributed by atoms with van der Waals surface area (Å²) < 4.78 is 18.0. The lowest BCUT2D eigenvalue weighted by Crippen LogP contribution is -2.27. The Hall–Kier alpha value is -1.47. The van der Waals surface area contributed by atoms with Crippen LogP contribution in [0.3, 0.4) is 0 Å². The smallest absolute Gasteiger partial charge is 0.268 e. The van der Waals surface area contributed by atoms with Crippen molar-refractivity contribution in [2.24, 2.45) is 0 Å². The molecule has 0 bridgehead atoms. The van der Waals surface area contributed by atoms with Crippen LogP contribution in [-0.2, 0) is 20.0 Å². The van der Waals surface area contributed by atoms with Gasteiger partial charge in [0, 0.05) is 0 Å². The van der Waals surface area contributed by atoms with Crippen molar-refractivity contribution in [3.63, 3.8) is 0 Å². The molecule has 5 heteroatoms. The molecule has 24 heavy (non-hydrogen) atoms. The van der Waals surface area contributed by atoms with Gasteiger partial charge in [-0.3, -0.25) is 0 Å². The molecule has 1 aromatic carbocycles. The average Bonchev–Trinajstić information content (AvgIpc) is 2.43. The summed E-state index contributed by atoms with van der Waals surface area (Å²) in [6.07, 6.45) is 4.84. The quantitative estimate of drug-likeness (QED) is 0.320. The van der Waals surface area contributed by atoms with Crippen molar-refractivity contribution in [2.75, 3.05) is 6.61 Å². The first kappa shape index (κ1) is 20.6. The zero-order valence-electron chi connectivity index (χ0n) is 16.2. The van der Waals surface area contributed by atoms with Gasteiger partial charge < -0.3 is 13.6 Å². The molecule has 0 aliphatic heterocycles. The number of rotatable bonds is 9. The Morgan fingerprint density at radius 2 is 1.50 bits per heavy atom. The fraction of sp³-hybridized carbons (Fsp3) is 0.474. The first-order valence-corrected chi connectivity index (χ1v) is 15.4. The largest absolute Gasteiger partial charge is 0.544 e. The Morgan fingerprint density at radius 3 is 2.00 bits per heavy atom. The van der Waals surface area contributed by atoms with E-state index in [-0.39, 0.29) is 0 Å². The van der Waals surface area contributed by atoms with E-state index in [2.05, 4.69) is 69.6 Å². The highest BCUT2D eigenvalue weighted by Gasteiger charge is 2.21. The Labute approximate surface area is 149 Å². The second-order valence-corrected chi connectivity index (χ2v) is 16.5. The van der Waals surface area contributed by atoms with Crippen LogP contribution in [0, 0.1) is 0 Å². The highest BCUT2D eigenvalue weighted by Crippen LogP contribution is 2.18. The van der Waals surface area contributed by atoms with Crippen molar-refractivity contribution < 1.29 is 13.6 Å². The number of hydrogen-bond acceptors (Lipinski definition) is 3. The summed E-state index contributed by atoms with van der Waals surface area (Å²) in [5.74, 6) is 1.40. The summed E-state index contributed by atoms with van der Waals surface area (Å²) in [6.45, 7) is 15.5. The van der Waals surface area contributed by atoms with Crippen molar-refractivity contribution in [1.82, 2.24) is 0 Å². The lowest BCUT2D eigenvalue weighted by atomic mass is 10.1. The minimum absolute atomic E-state index is 0.564. The SMILES string of the molecule is CCO/C(=C/C(=C/Cc1ccccc1)O[Si](C)(C)C)O[Si](C)(C)C. The monoisotopic (exact) mass is 364 g/mol. The third kappa shape index (κ3) is 9.62. The Bertz CT molecular complexity index is 552. The van der Waals surface area contributed by atoms with Gasteiger partial charge in [0.2, 0.25) is 16.6 Å². The van der Waals surface area contributed by atoms with Gasteiger partial charge in [0.15, 0.2) is 0 Å². The topological polar surface area (TPSA) is 27.7 Å². The molecule has 0 saturated heterocycles. The molecular formula is C19H32O3Si2. The van der Waals surface area contributed by atoms with Crippen molar-refractivity contribution in [1.29, 1.82) is 0 Å². The maximum absolute atomic E-state index is 6.23. The van der Waals surface area contributed by atoms with E-state index >= 15 is 0 Å². The summed E-state index contributed by atoms with van der Waals surface area (Å²) in [5.41, 5.74) is 1.26. The standard InChI is InChI=1S/C19H32O3Si2/c1-8-20-19(22-24(5,6)7)16-18(21-23(2,3)4)15-14-17-12-10-9-11-13-17/h9-13,15-16H,8,14H2,1-7H3/b18-15-,19-16-. The van der Waals surface area contributed by atoms with Gasteiger partial charge in [-0.2, -0.15) is 0 Å². The molecule has 134 valence electrons. The second kappa shape index (κ2) is 9.13. The summed E-state index contributed by atoms with van der Waals surface area (Å²) in [5, 5.41) is 0. The molecule has 0 aromatic heterocycles. The third-order valence-corrected chi connectivity index (χ3v) is 4.42. The van der Waals surface area contributed by atoms with Crippen LogP contribution in [0.25, 0.3) is 0 Å². The zero-order chi connectivity index (χ0) is 18.2. The van der Waals surface area contributed by atoms with Crippen LogP contribution in [0.1, 0.15) is 12.5 Å². The fourth-order valence-corrected chi connectivity index (χ4v) is 3.55. The molecule has 0 aliphatic carbocycles. The lowest BCUT2D eigenvalue weighted by Gasteiger charge is -2.24. The van der Waals surface area contributed by atoms with Crippen molar-refractivity contribution in [3.05, 3.63) is 59.8 Å². The van der Waals surface area contributed by atoms with Gasteiger partial charge in [0.1, 0.15) is 5.76 Å². The van der Waals surface area contributed by atoms with E-state index in [0.29, 0.717) is 12.6 Å². The van der Waals surface area contributed by atoms with Crippen molar-refractivity contribution in [3.8, 4) is 0 Å². The van der Waals surface area contributed by atoms with E-state index in [9.17, 15) is 0 Å².